The highest BCUT2D eigenvalue weighted by Gasteiger charge is 2.23. The molecule has 1 amide bonds. The Morgan fingerprint density at radius 3 is 2.50 bits per heavy atom. The van der Waals surface area contributed by atoms with Crippen LogP contribution in [0.1, 0.15) is 44.9 Å². The number of aliphatic hydroxyl groups is 1. The standard InChI is InChI=1S/C14H26N2O2/c17-12-13-6-2-5-8-15(13)11-7-14(18)16-9-3-1-4-10-16/h13,17H,1-12H2. The van der Waals surface area contributed by atoms with E-state index in [2.05, 4.69) is 4.90 Å². The Bertz CT molecular complexity index is 265. The Morgan fingerprint density at radius 1 is 1.06 bits per heavy atom. The number of hydrogen-bond donors (Lipinski definition) is 1. The van der Waals surface area contributed by atoms with Crippen LogP contribution in [0.4, 0.5) is 0 Å². The monoisotopic (exact) mass is 254 g/mol. The molecule has 2 fully saturated rings. The van der Waals surface area contributed by atoms with E-state index in [4.69, 9.17) is 0 Å². The van der Waals surface area contributed by atoms with Gasteiger partial charge in [0.2, 0.25) is 5.91 Å². The summed E-state index contributed by atoms with van der Waals surface area (Å²) in [6, 6.07) is 0.285. The normalized spacial score (nSPS) is 26.3. The lowest BCUT2D eigenvalue weighted by molar-refractivity contribution is -0.132. The molecule has 2 aliphatic rings. The molecule has 18 heavy (non-hydrogen) atoms. The van der Waals surface area contributed by atoms with E-state index < -0.39 is 0 Å². The number of amides is 1. The fourth-order valence-corrected chi connectivity index (χ4v) is 3.10. The van der Waals surface area contributed by atoms with Gasteiger partial charge in [-0.15, -0.1) is 0 Å². The molecular formula is C14H26N2O2. The molecule has 2 heterocycles. The zero-order chi connectivity index (χ0) is 12.8. The Hall–Kier alpha value is -0.610. The molecule has 4 nitrogen and oxygen atoms in total. The van der Waals surface area contributed by atoms with Gasteiger partial charge in [0.1, 0.15) is 0 Å². The zero-order valence-electron chi connectivity index (χ0n) is 11.3. The van der Waals surface area contributed by atoms with Crippen LogP contribution < -0.4 is 0 Å². The molecule has 0 aliphatic carbocycles. The molecule has 1 atom stereocenters. The van der Waals surface area contributed by atoms with E-state index in [9.17, 15) is 9.90 Å². The van der Waals surface area contributed by atoms with Crippen LogP contribution in [0.2, 0.25) is 0 Å². The first-order chi connectivity index (χ1) is 8.81. The Labute approximate surface area is 110 Å². The molecule has 0 spiro atoms. The van der Waals surface area contributed by atoms with Crippen LogP contribution in [0.15, 0.2) is 0 Å². The minimum atomic E-state index is 0.234. The van der Waals surface area contributed by atoms with Crippen LogP contribution in [-0.2, 0) is 4.79 Å². The average Bonchev–Trinajstić information content (AvgIpc) is 2.46. The van der Waals surface area contributed by atoms with Crippen LogP contribution >= 0.6 is 0 Å². The first-order valence-corrected chi connectivity index (χ1v) is 7.44. The predicted octanol–water partition coefficient (Wildman–Crippen LogP) is 1.24. The van der Waals surface area contributed by atoms with Crippen molar-refractivity contribution in [3.8, 4) is 0 Å². The quantitative estimate of drug-likeness (QED) is 0.821. The molecule has 0 aromatic carbocycles. The SMILES string of the molecule is O=C(CCN1CCCCC1CO)N1CCCCC1. The summed E-state index contributed by atoms with van der Waals surface area (Å²) in [5, 5.41) is 9.34. The topological polar surface area (TPSA) is 43.8 Å². The fourth-order valence-electron chi connectivity index (χ4n) is 3.10. The van der Waals surface area contributed by atoms with E-state index in [1.54, 1.807) is 0 Å². The smallest absolute Gasteiger partial charge is 0.223 e. The van der Waals surface area contributed by atoms with Crippen LogP contribution in [0.5, 0.6) is 0 Å². The number of rotatable bonds is 4. The van der Waals surface area contributed by atoms with Crippen molar-refractivity contribution in [2.45, 2.75) is 51.0 Å². The van der Waals surface area contributed by atoms with Crippen molar-refractivity contribution >= 4 is 5.91 Å². The van der Waals surface area contributed by atoms with Gasteiger partial charge in [0, 0.05) is 32.1 Å². The maximum absolute atomic E-state index is 12.1. The summed E-state index contributed by atoms with van der Waals surface area (Å²) in [5.74, 6) is 0.303. The van der Waals surface area contributed by atoms with Crippen molar-refractivity contribution in [3.63, 3.8) is 0 Å². The molecule has 2 aliphatic heterocycles. The van der Waals surface area contributed by atoms with E-state index in [-0.39, 0.29) is 12.6 Å². The summed E-state index contributed by atoms with van der Waals surface area (Å²) < 4.78 is 0. The van der Waals surface area contributed by atoms with E-state index in [1.807, 2.05) is 4.90 Å². The van der Waals surface area contributed by atoms with Gasteiger partial charge in [0.05, 0.1) is 6.61 Å². The van der Waals surface area contributed by atoms with Crippen molar-refractivity contribution in [2.24, 2.45) is 0 Å². The van der Waals surface area contributed by atoms with Gasteiger partial charge < -0.3 is 10.0 Å². The minimum Gasteiger partial charge on any atom is -0.395 e. The van der Waals surface area contributed by atoms with E-state index in [0.717, 1.165) is 45.4 Å². The van der Waals surface area contributed by atoms with E-state index in [0.29, 0.717) is 12.3 Å². The van der Waals surface area contributed by atoms with Gasteiger partial charge in [0.25, 0.3) is 0 Å². The van der Waals surface area contributed by atoms with Crippen LogP contribution in [0.3, 0.4) is 0 Å². The third kappa shape index (κ3) is 3.69. The molecule has 0 saturated carbocycles. The highest BCUT2D eigenvalue weighted by atomic mass is 16.3. The molecule has 2 rings (SSSR count). The van der Waals surface area contributed by atoms with E-state index >= 15 is 0 Å². The first-order valence-electron chi connectivity index (χ1n) is 7.44. The highest BCUT2D eigenvalue weighted by Crippen LogP contribution is 2.17. The number of nitrogens with zero attached hydrogens (tertiary/aromatic N) is 2. The Kier molecular flexibility index (Phi) is 5.45. The summed E-state index contributed by atoms with van der Waals surface area (Å²) in [6.45, 7) is 3.99. The predicted molar refractivity (Wildman–Crippen MR) is 71.3 cm³/mol. The molecule has 0 radical (unpaired) electrons. The molecule has 0 aromatic rings. The third-order valence-corrected chi connectivity index (χ3v) is 4.28. The van der Waals surface area contributed by atoms with E-state index in [1.165, 1.54) is 19.3 Å². The largest absolute Gasteiger partial charge is 0.395 e. The van der Waals surface area contributed by atoms with Crippen molar-refractivity contribution < 1.29 is 9.90 Å². The number of hydrogen-bond acceptors (Lipinski definition) is 3. The number of piperidine rings is 2. The number of carbonyl (C=O) groups excluding carboxylic acids is 1. The van der Waals surface area contributed by atoms with Crippen LogP contribution in [0, 0.1) is 0 Å². The van der Waals surface area contributed by atoms with Crippen LogP contribution in [-0.4, -0.2) is 59.6 Å². The number of likely N-dealkylation sites (tertiary alicyclic amines) is 2. The van der Waals surface area contributed by atoms with Gasteiger partial charge in [-0.3, -0.25) is 9.69 Å². The molecule has 0 bridgehead atoms. The number of carbonyl (C=O) groups is 1. The number of aliphatic hydroxyl groups excluding tert-OH is 1. The lowest BCUT2D eigenvalue weighted by atomic mass is 10.0. The van der Waals surface area contributed by atoms with Crippen molar-refractivity contribution in [2.75, 3.05) is 32.8 Å². The average molecular weight is 254 g/mol. The van der Waals surface area contributed by atoms with Gasteiger partial charge in [-0.05, 0) is 38.6 Å². The second kappa shape index (κ2) is 7.10. The van der Waals surface area contributed by atoms with Gasteiger partial charge >= 0.3 is 0 Å². The molecule has 4 heteroatoms. The maximum Gasteiger partial charge on any atom is 0.223 e. The lowest BCUT2D eigenvalue weighted by Gasteiger charge is -2.35. The second-order valence-corrected chi connectivity index (χ2v) is 5.56. The van der Waals surface area contributed by atoms with Crippen LogP contribution in [0.25, 0.3) is 0 Å². The van der Waals surface area contributed by atoms with Gasteiger partial charge in [-0.1, -0.05) is 6.42 Å². The second-order valence-electron chi connectivity index (χ2n) is 5.56. The Morgan fingerprint density at radius 2 is 1.78 bits per heavy atom. The summed E-state index contributed by atoms with van der Waals surface area (Å²) >= 11 is 0. The molecule has 104 valence electrons. The van der Waals surface area contributed by atoms with Gasteiger partial charge in [-0.25, -0.2) is 0 Å². The van der Waals surface area contributed by atoms with Gasteiger partial charge in [0.15, 0.2) is 0 Å². The van der Waals surface area contributed by atoms with Gasteiger partial charge in [-0.2, -0.15) is 0 Å². The highest BCUT2D eigenvalue weighted by molar-refractivity contribution is 5.76. The van der Waals surface area contributed by atoms with Crippen molar-refractivity contribution in [1.29, 1.82) is 0 Å². The minimum absolute atomic E-state index is 0.234. The molecule has 0 aromatic heterocycles. The molecule has 2 saturated heterocycles. The maximum atomic E-state index is 12.1. The zero-order valence-corrected chi connectivity index (χ0v) is 11.3. The molecular weight excluding hydrogens is 228 g/mol. The molecule has 1 unspecified atom stereocenters. The molecule has 1 N–H and O–H groups in total. The fraction of sp³-hybridized carbons (Fsp3) is 0.929. The first kappa shape index (κ1) is 13.8. The summed E-state index contributed by atoms with van der Waals surface area (Å²) in [4.78, 5) is 16.4. The third-order valence-electron chi connectivity index (χ3n) is 4.28. The lowest BCUT2D eigenvalue weighted by Crippen LogP contribution is -2.44. The van der Waals surface area contributed by atoms with Crippen molar-refractivity contribution in [1.82, 2.24) is 9.80 Å². The summed E-state index contributed by atoms with van der Waals surface area (Å²) in [6.07, 6.45) is 7.70. The summed E-state index contributed by atoms with van der Waals surface area (Å²) in [5.41, 5.74) is 0. The summed E-state index contributed by atoms with van der Waals surface area (Å²) in [7, 11) is 0. The Balaban J connectivity index is 1.73. The van der Waals surface area contributed by atoms with Crippen molar-refractivity contribution in [3.05, 3.63) is 0 Å².